The van der Waals surface area contributed by atoms with Gasteiger partial charge in [0.2, 0.25) is 0 Å². The molecule has 0 radical (unpaired) electrons. The van der Waals surface area contributed by atoms with Crippen molar-refractivity contribution in [2.75, 3.05) is 0 Å². The first kappa shape index (κ1) is 13.8. The molecule has 3 rings (SSSR count). The SMILES string of the molecule is CC(=O)OCc1ccc(C=C2NC(=S)N(C3CC3)C2=O)o1. The van der Waals surface area contributed by atoms with E-state index in [4.69, 9.17) is 21.4 Å². The normalized spacial score (nSPS) is 20.0. The summed E-state index contributed by atoms with van der Waals surface area (Å²) in [5.74, 6) is 0.530. The number of rotatable bonds is 4. The molecule has 1 N–H and O–H groups in total. The predicted octanol–water partition coefficient (Wildman–Crippen LogP) is 1.56. The summed E-state index contributed by atoms with van der Waals surface area (Å²) in [7, 11) is 0. The topological polar surface area (TPSA) is 71.8 Å². The molecule has 6 nitrogen and oxygen atoms in total. The Hall–Kier alpha value is -2.15. The summed E-state index contributed by atoms with van der Waals surface area (Å²) < 4.78 is 10.3. The number of amides is 1. The molecule has 1 aromatic rings. The van der Waals surface area contributed by atoms with Gasteiger partial charge in [0.25, 0.3) is 5.91 Å². The summed E-state index contributed by atoms with van der Waals surface area (Å²) in [5, 5.41) is 3.35. The average Bonchev–Trinajstić information content (AvgIpc) is 3.08. The minimum absolute atomic E-state index is 0.0759. The lowest BCUT2D eigenvalue weighted by Crippen LogP contribution is -2.32. The Morgan fingerprint density at radius 3 is 3.00 bits per heavy atom. The fraction of sp³-hybridized carbons (Fsp3) is 0.357. The number of furan rings is 1. The van der Waals surface area contributed by atoms with Crippen molar-refractivity contribution in [2.45, 2.75) is 32.4 Å². The van der Waals surface area contributed by atoms with Crippen molar-refractivity contribution in [3.05, 3.63) is 29.4 Å². The molecule has 21 heavy (non-hydrogen) atoms. The monoisotopic (exact) mass is 306 g/mol. The summed E-state index contributed by atoms with van der Waals surface area (Å²) in [6.45, 7) is 1.41. The molecule has 1 aliphatic carbocycles. The highest BCUT2D eigenvalue weighted by atomic mass is 32.1. The van der Waals surface area contributed by atoms with Gasteiger partial charge in [-0.1, -0.05) is 0 Å². The van der Waals surface area contributed by atoms with E-state index >= 15 is 0 Å². The van der Waals surface area contributed by atoms with Crippen molar-refractivity contribution >= 4 is 35.3 Å². The summed E-state index contributed by atoms with van der Waals surface area (Å²) >= 11 is 5.17. The molecule has 1 aromatic heterocycles. The highest BCUT2D eigenvalue weighted by molar-refractivity contribution is 7.80. The summed E-state index contributed by atoms with van der Waals surface area (Å²) in [5.41, 5.74) is 0.403. The van der Waals surface area contributed by atoms with Crippen LogP contribution < -0.4 is 5.32 Å². The van der Waals surface area contributed by atoms with Crippen LogP contribution in [-0.2, 0) is 20.9 Å². The number of hydrogen-bond donors (Lipinski definition) is 1. The number of esters is 1. The molecule has 1 amide bonds. The van der Waals surface area contributed by atoms with E-state index in [1.54, 1.807) is 23.1 Å². The molecule has 7 heteroatoms. The van der Waals surface area contributed by atoms with Crippen molar-refractivity contribution < 1.29 is 18.7 Å². The van der Waals surface area contributed by atoms with E-state index in [2.05, 4.69) is 5.32 Å². The van der Waals surface area contributed by atoms with Crippen LogP contribution in [0.3, 0.4) is 0 Å². The molecule has 2 fully saturated rings. The van der Waals surface area contributed by atoms with Crippen molar-refractivity contribution in [3.63, 3.8) is 0 Å². The van der Waals surface area contributed by atoms with Gasteiger partial charge >= 0.3 is 5.97 Å². The Balaban J connectivity index is 1.71. The highest BCUT2D eigenvalue weighted by Crippen LogP contribution is 2.31. The maximum Gasteiger partial charge on any atom is 0.303 e. The Kier molecular flexibility index (Phi) is 3.50. The van der Waals surface area contributed by atoms with Crippen LogP contribution in [0.5, 0.6) is 0 Å². The van der Waals surface area contributed by atoms with Crippen LogP contribution in [0, 0.1) is 0 Å². The van der Waals surface area contributed by atoms with Crippen molar-refractivity contribution in [1.82, 2.24) is 10.2 Å². The average molecular weight is 306 g/mol. The molecule has 1 aliphatic heterocycles. The van der Waals surface area contributed by atoms with Crippen molar-refractivity contribution in [1.29, 1.82) is 0 Å². The largest absolute Gasteiger partial charge is 0.458 e. The third-order valence-electron chi connectivity index (χ3n) is 3.21. The van der Waals surface area contributed by atoms with Gasteiger partial charge in [-0.3, -0.25) is 14.5 Å². The first-order valence-corrected chi connectivity index (χ1v) is 7.04. The van der Waals surface area contributed by atoms with E-state index in [1.165, 1.54) is 6.92 Å². The molecular formula is C14H14N2O4S. The molecule has 1 saturated heterocycles. The lowest BCUT2D eigenvalue weighted by atomic mass is 10.3. The zero-order valence-electron chi connectivity index (χ0n) is 11.4. The van der Waals surface area contributed by atoms with E-state index in [0.717, 1.165) is 12.8 Å². The molecule has 0 atom stereocenters. The molecule has 0 bridgehead atoms. The smallest absolute Gasteiger partial charge is 0.303 e. The van der Waals surface area contributed by atoms with E-state index < -0.39 is 0 Å². The second kappa shape index (κ2) is 5.33. The fourth-order valence-electron chi connectivity index (χ4n) is 2.08. The van der Waals surface area contributed by atoms with Crippen LogP contribution in [0.15, 0.2) is 22.2 Å². The number of carbonyl (C=O) groups is 2. The van der Waals surface area contributed by atoms with E-state index in [0.29, 0.717) is 22.3 Å². The Labute approximate surface area is 126 Å². The van der Waals surface area contributed by atoms with E-state index in [-0.39, 0.29) is 24.5 Å². The van der Waals surface area contributed by atoms with Gasteiger partial charge in [-0.05, 0) is 37.2 Å². The molecule has 0 spiro atoms. The van der Waals surface area contributed by atoms with Gasteiger partial charge in [0, 0.05) is 19.0 Å². The standard InChI is InChI=1S/C14H14N2O4S/c1-8(17)19-7-11-5-4-10(20-11)6-12-13(18)16(9-2-3-9)14(21)15-12/h4-6,9H,2-3,7H2,1H3,(H,15,21). The van der Waals surface area contributed by atoms with Gasteiger partial charge in [-0.15, -0.1) is 0 Å². The first-order valence-electron chi connectivity index (χ1n) is 6.63. The first-order chi connectivity index (χ1) is 10.0. The Morgan fingerprint density at radius 2 is 2.33 bits per heavy atom. The summed E-state index contributed by atoms with van der Waals surface area (Å²) in [6.07, 6.45) is 3.59. The third kappa shape index (κ3) is 2.97. The maximum absolute atomic E-state index is 12.2. The molecular weight excluding hydrogens is 292 g/mol. The van der Waals surface area contributed by atoms with Crippen molar-refractivity contribution in [3.8, 4) is 0 Å². The Bertz CT molecular complexity index is 645. The number of carbonyl (C=O) groups excluding carboxylic acids is 2. The summed E-state index contributed by atoms with van der Waals surface area (Å²) in [6, 6.07) is 3.65. The van der Waals surface area contributed by atoms with Gasteiger partial charge in [-0.2, -0.15) is 0 Å². The number of nitrogens with zero attached hydrogens (tertiary/aromatic N) is 1. The number of thiocarbonyl (C=S) groups is 1. The van der Waals surface area contributed by atoms with Crippen LogP contribution in [0.1, 0.15) is 31.3 Å². The van der Waals surface area contributed by atoms with E-state index in [1.807, 2.05) is 0 Å². The van der Waals surface area contributed by atoms with Crippen LogP contribution in [-0.4, -0.2) is 27.9 Å². The van der Waals surface area contributed by atoms with E-state index in [9.17, 15) is 9.59 Å². The maximum atomic E-state index is 12.2. The number of ether oxygens (including phenoxy) is 1. The predicted molar refractivity (Wildman–Crippen MR) is 77.8 cm³/mol. The highest BCUT2D eigenvalue weighted by Gasteiger charge is 2.41. The van der Waals surface area contributed by atoms with Crippen molar-refractivity contribution in [2.24, 2.45) is 0 Å². The zero-order valence-corrected chi connectivity index (χ0v) is 12.2. The summed E-state index contributed by atoms with van der Waals surface area (Å²) in [4.78, 5) is 24.6. The van der Waals surface area contributed by atoms with Crippen LogP contribution in [0.4, 0.5) is 0 Å². The minimum atomic E-state index is -0.371. The van der Waals surface area contributed by atoms with Crippen LogP contribution in [0.2, 0.25) is 0 Å². The fourth-order valence-corrected chi connectivity index (χ4v) is 2.42. The lowest BCUT2D eigenvalue weighted by Gasteiger charge is -2.11. The molecule has 2 heterocycles. The molecule has 0 unspecified atom stereocenters. The second-order valence-electron chi connectivity index (χ2n) is 4.98. The Morgan fingerprint density at radius 1 is 1.57 bits per heavy atom. The van der Waals surface area contributed by atoms with Gasteiger partial charge in [0.15, 0.2) is 5.11 Å². The number of hydrogen-bond acceptors (Lipinski definition) is 5. The minimum Gasteiger partial charge on any atom is -0.458 e. The quantitative estimate of drug-likeness (QED) is 0.517. The van der Waals surface area contributed by atoms with Crippen LogP contribution in [0.25, 0.3) is 6.08 Å². The molecule has 110 valence electrons. The molecule has 0 aromatic carbocycles. The molecule has 2 aliphatic rings. The van der Waals surface area contributed by atoms with Gasteiger partial charge in [0.1, 0.15) is 23.8 Å². The zero-order chi connectivity index (χ0) is 15.0. The van der Waals surface area contributed by atoms with Gasteiger partial charge < -0.3 is 14.5 Å². The van der Waals surface area contributed by atoms with Gasteiger partial charge in [0.05, 0.1) is 0 Å². The molecule has 1 saturated carbocycles. The van der Waals surface area contributed by atoms with Gasteiger partial charge in [-0.25, -0.2) is 0 Å². The number of nitrogens with one attached hydrogen (secondary N) is 1. The lowest BCUT2D eigenvalue weighted by molar-refractivity contribution is -0.142. The third-order valence-corrected chi connectivity index (χ3v) is 3.51. The second-order valence-corrected chi connectivity index (χ2v) is 5.37. The van der Waals surface area contributed by atoms with Crippen LogP contribution >= 0.6 is 12.2 Å².